The lowest BCUT2D eigenvalue weighted by atomic mass is 9.96. The summed E-state index contributed by atoms with van der Waals surface area (Å²) in [5, 5.41) is 9.68. The zero-order valence-corrected chi connectivity index (χ0v) is 12.8. The Morgan fingerprint density at radius 3 is 2.19 bits per heavy atom. The van der Waals surface area contributed by atoms with E-state index < -0.39 is 0 Å². The van der Waals surface area contributed by atoms with Crippen LogP contribution in [0.1, 0.15) is 16.4 Å². The smallest absolute Gasteiger partial charge is 0.0931 e. The molecule has 0 spiro atoms. The third-order valence-electron chi connectivity index (χ3n) is 3.45. The highest BCUT2D eigenvalue weighted by molar-refractivity contribution is 7.16. The van der Waals surface area contributed by atoms with Gasteiger partial charge >= 0.3 is 0 Å². The Hall–Kier alpha value is -1.68. The lowest BCUT2D eigenvalue weighted by molar-refractivity contribution is 0.282. The van der Waals surface area contributed by atoms with Crippen molar-refractivity contribution in [1.82, 2.24) is 4.98 Å². The van der Waals surface area contributed by atoms with Crippen LogP contribution in [0.15, 0.2) is 60.9 Å². The van der Waals surface area contributed by atoms with Crippen molar-refractivity contribution in [2.24, 2.45) is 0 Å². The van der Waals surface area contributed by atoms with E-state index in [-0.39, 0.29) is 12.5 Å². The number of aromatic nitrogens is 1. The van der Waals surface area contributed by atoms with Crippen molar-refractivity contribution in [3.63, 3.8) is 0 Å². The Bertz CT molecular complexity index is 709. The van der Waals surface area contributed by atoms with Gasteiger partial charge in [0.2, 0.25) is 0 Å². The van der Waals surface area contributed by atoms with E-state index in [4.69, 9.17) is 11.6 Å². The Labute approximate surface area is 132 Å². The molecule has 0 unspecified atom stereocenters. The van der Waals surface area contributed by atoms with E-state index in [1.165, 1.54) is 11.3 Å². The number of aliphatic hydroxyl groups excluding tert-OH is 1. The number of rotatable bonds is 4. The van der Waals surface area contributed by atoms with Crippen molar-refractivity contribution < 1.29 is 5.11 Å². The fraction of sp³-hybridized carbons (Fsp3) is 0.118. The standard InChI is InChI=1S/C17H14ClNOS/c18-17-6-5-16(21-17)15(11-20)14-3-1-12(2-4-14)13-7-9-19-10-8-13/h1-10,15,20H,11H2/t15-/m0/s1. The summed E-state index contributed by atoms with van der Waals surface area (Å²) in [6.07, 6.45) is 3.57. The molecule has 0 saturated heterocycles. The first kappa shape index (κ1) is 14.3. The SMILES string of the molecule is OC[C@@H](c1ccc(-c2ccncc2)cc1)c1ccc(Cl)s1. The predicted molar refractivity (Wildman–Crippen MR) is 87.9 cm³/mol. The first-order valence-corrected chi connectivity index (χ1v) is 7.84. The minimum absolute atomic E-state index is 0.0195. The third-order valence-corrected chi connectivity index (χ3v) is 4.79. The summed E-state index contributed by atoms with van der Waals surface area (Å²) in [6, 6.07) is 16.1. The van der Waals surface area contributed by atoms with E-state index in [1.54, 1.807) is 12.4 Å². The normalized spacial score (nSPS) is 12.3. The molecule has 106 valence electrons. The summed E-state index contributed by atoms with van der Waals surface area (Å²) < 4.78 is 0.747. The lowest BCUT2D eigenvalue weighted by Gasteiger charge is -2.13. The van der Waals surface area contributed by atoms with Crippen LogP contribution in [0.2, 0.25) is 4.34 Å². The highest BCUT2D eigenvalue weighted by Gasteiger charge is 2.15. The maximum Gasteiger partial charge on any atom is 0.0931 e. The van der Waals surface area contributed by atoms with Gasteiger partial charge in [0.25, 0.3) is 0 Å². The maximum atomic E-state index is 9.68. The van der Waals surface area contributed by atoms with Crippen LogP contribution < -0.4 is 0 Å². The van der Waals surface area contributed by atoms with Gasteiger partial charge in [-0.15, -0.1) is 11.3 Å². The average molecular weight is 316 g/mol. The summed E-state index contributed by atoms with van der Waals surface area (Å²) in [5.41, 5.74) is 3.37. The number of hydrogen-bond acceptors (Lipinski definition) is 3. The molecule has 1 N–H and O–H groups in total. The molecule has 1 atom stereocenters. The van der Waals surface area contributed by atoms with Gasteiger partial charge in [0.1, 0.15) is 0 Å². The van der Waals surface area contributed by atoms with Crippen molar-refractivity contribution in [2.45, 2.75) is 5.92 Å². The van der Waals surface area contributed by atoms with E-state index in [1.807, 2.05) is 24.3 Å². The third kappa shape index (κ3) is 3.16. The van der Waals surface area contributed by atoms with Gasteiger partial charge in [0.05, 0.1) is 10.9 Å². The zero-order valence-electron chi connectivity index (χ0n) is 11.2. The van der Waals surface area contributed by atoms with Crippen molar-refractivity contribution >= 4 is 22.9 Å². The maximum absolute atomic E-state index is 9.68. The first-order chi connectivity index (χ1) is 10.3. The summed E-state index contributed by atoms with van der Waals surface area (Å²) in [4.78, 5) is 5.11. The minimum Gasteiger partial charge on any atom is -0.395 e. The predicted octanol–water partition coefficient (Wildman–Crippen LogP) is 4.59. The van der Waals surface area contributed by atoms with Crippen molar-refractivity contribution in [3.8, 4) is 11.1 Å². The van der Waals surface area contributed by atoms with Crippen LogP contribution in [0.4, 0.5) is 0 Å². The van der Waals surface area contributed by atoms with E-state index in [0.717, 1.165) is 25.9 Å². The molecule has 0 amide bonds. The Balaban J connectivity index is 1.89. The van der Waals surface area contributed by atoms with Crippen LogP contribution >= 0.6 is 22.9 Å². The first-order valence-electron chi connectivity index (χ1n) is 6.64. The van der Waals surface area contributed by atoms with Crippen LogP contribution in [0.25, 0.3) is 11.1 Å². The van der Waals surface area contributed by atoms with Gasteiger partial charge in [-0.05, 0) is 41.0 Å². The van der Waals surface area contributed by atoms with E-state index in [2.05, 4.69) is 29.2 Å². The molecular formula is C17H14ClNOS. The second-order valence-corrected chi connectivity index (χ2v) is 6.48. The van der Waals surface area contributed by atoms with Crippen LogP contribution in [0.3, 0.4) is 0 Å². The molecule has 0 fully saturated rings. The molecule has 0 aliphatic rings. The van der Waals surface area contributed by atoms with Gasteiger partial charge in [0.15, 0.2) is 0 Å². The average Bonchev–Trinajstić information content (AvgIpc) is 2.96. The van der Waals surface area contributed by atoms with E-state index in [9.17, 15) is 5.11 Å². The zero-order chi connectivity index (χ0) is 14.7. The minimum atomic E-state index is -0.0195. The molecule has 0 aliphatic heterocycles. The largest absolute Gasteiger partial charge is 0.395 e. The lowest BCUT2D eigenvalue weighted by Crippen LogP contribution is -2.03. The van der Waals surface area contributed by atoms with Gasteiger partial charge < -0.3 is 5.11 Å². The van der Waals surface area contributed by atoms with Crippen LogP contribution in [-0.2, 0) is 0 Å². The molecule has 2 nitrogen and oxygen atoms in total. The second kappa shape index (κ2) is 6.39. The molecule has 0 aliphatic carbocycles. The van der Waals surface area contributed by atoms with Crippen molar-refractivity contribution in [1.29, 1.82) is 0 Å². The highest BCUT2D eigenvalue weighted by atomic mass is 35.5. The number of pyridine rings is 1. The molecule has 2 aromatic heterocycles. The molecule has 0 radical (unpaired) electrons. The molecule has 0 saturated carbocycles. The molecule has 4 heteroatoms. The van der Waals surface area contributed by atoms with Crippen molar-refractivity contribution in [3.05, 3.63) is 75.7 Å². The highest BCUT2D eigenvalue weighted by Crippen LogP contribution is 2.33. The monoisotopic (exact) mass is 315 g/mol. The quantitative estimate of drug-likeness (QED) is 0.764. The number of nitrogens with zero attached hydrogens (tertiary/aromatic N) is 1. The van der Waals surface area contributed by atoms with Crippen molar-refractivity contribution in [2.75, 3.05) is 6.61 Å². The van der Waals surface area contributed by atoms with E-state index in [0.29, 0.717) is 0 Å². The molecule has 2 heterocycles. The summed E-state index contributed by atoms with van der Waals surface area (Å²) in [5.74, 6) is -0.0195. The molecule has 3 aromatic rings. The van der Waals surface area contributed by atoms with Gasteiger partial charge in [-0.1, -0.05) is 35.9 Å². The Kier molecular flexibility index (Phi) is 4.34. The summed E-state index contributed by atoms with van der Waals surface area (Å²) >= 11 is 7.50. The van der Waals surface area contributed by atoms with Gasteiger partial charge in [-0.25, -0.2) is 0 Å². The van der Waals surface area contributed by atoms with Gasteiger partial charge in [0, 0.05) is 23.2 Å². The number of thiophene rings is 1. The number of halogens is 1. The fourth-order valence-corrected chi connectivity index (χ4v) is 3.51. The molecule has 1 aromatic carbocycles. The number of hydrogen-bond donors (Lipinski definition) is 1. The topological polar surface area (TPSA) is 33.1 Å². The van der Waals surface area contributed by atoms with Crippen LogP contribution in [0.5, 0.6) is 0 Å². The molecule has 0 bridgehead atoms. The fourth-order valence-electron chi connectivity index (χ4n) is 2.33. The molecule has 21 heavy (non-hydrogen) atoms. The van der Waals surface area contributed by atoms with E-state index >= 15 is 0 Å². The van der Waals surface area contributed by atoms with Gasteiger partial charge in [-0.2, -0.15) is 0 Å². The summed E-state index contributed by atoms with van der Waals surface area (Å²) in [7, 11) is 0. The van der Waals surface area contributed by atoms with Crippen LogP contribution in [0, 0.1) is 0 Å². The number of benzene rings is 1. The Morgan fingerprint density at radius 1 is 0.952 bits per heavy atom. The molecular weight excluding hydrogens is 302 g/mol. The summed E-state index contributed by atoms with van der Waals surface area (Å²) in [6.45, 7) is 0.0748. The Morgan fingerprint density at radius 2 is 1.62 bits per heavy atom. The molecule has 3 rings (SSSR count). The van der Waals surface area contributed by atoms with Gasteiger partial charge in [-0.3, -0.25) is 4.98 Å². The van der Waals surface area contributed by atoms with Crippen LogP contribution in [-0.4, -0.2) is 16.7 Å². The number of aliphatic hydroxyl groups is 1. The second-order valence-electron chi connectivity index (χ2n) is 4.73.